The summed E-state index contributed by atoms with van der Waals surface area (Å²) in [5, 5.41) is 5.13. The van der Waals surface area contributed by atoms with Gasteiger partial charge in [0.2, 0.25) is 11.1 Å². The van der Waals surface area contributed by atoms with Gasteiger partial charge in [-0.3, -0.25) is 5.41 Å². The molecule has 2 nitrogen and oxygen atoms in total. The highest BCUT2D eigenvalue weighted by atomic mass is 35.5. The SMILES string of the molecule is CCl.[NH2+]=c1ccoc(C(F)(F)F)c1. The predicted molar refractivity (Wildman–Crippen MR) is 40.5 cm³/mol. The molecule has 2 N–H and O–H groups in total. The summed E-state index contributed by atoms with van der Waals surface area (Å²) in [5.41, 5.74) is 0. The zero-order valence-electron chi connectivity index (χ0n) is 6.73. The average Bonchev–Trinajstić information content (AvgIpc) is 2.06. The van der Waals surface area contributed by atoms with Crippen molar-refractivity contribution < 1.29 is 23.0 Å². The molecule has 0 saturated heterocycles. The van der Waals surface area contributed by atoms with Crippen LogP contribution >= 0.6 is 11.6 Å². The second-order valence-electron chi connectivity index (χ2n) is 1.93. The van der Waals surface area contributed by atoms with Gasteiger partial charge in [0.15, 0.2) is 0 Å². The van der Waals surface area contributed by atoms with Gasteiger partial charge in [-0.15, -0.1) is 11.6 Å². The van der Waals surface area contributed by atoms with Crippen LogP contribution in [0.2, 0.25) is 0 Å². The number of hydrogen-bond acceptors (Lipinski definition) is 1. The fraction of sp³-hybridized carbons (Fsp3) is 0.286. The third-order valence-corrected chi connectivity index (χ3v) is 1.03. The van der Waals surface area contributed by atoms with Gasteiger partial charge in [-0.2, -0.15) is 13.2 Å². The minimum atomic E-state index is -4.46. The highest BCUT2D eigenvalue weighted by Crippen LogP contribution is 2.27. The van der Waals surface area contributed by atoms with Gasteiger partial charge >= 0.3 is 6.18 Å². The van der Waals surface area contributed by atoms with Crippen molar-refractivity contribution in [3.8, 4) is 0 Å². The van der Waals surface area contributed by atoms with Crippen LogP contribution in [0.15, 0.2) is 22.8 Å². The molecule has 0 saturated carbocycles. The van der Waals surface area contributed by atoms with Crippen molar-refractivity contribution in [3.63, 3.8) is 0 Å². The number of halogens is 4. The van der Waals surface area contributed by atoms with Crippen molar-refractivity contribution >= 4 is 11.6 Å². The van der Waals surface area contributed by atoms with E-state index < -0.39 is 11.9 Å². The quantitative estimate of drug-likeness (QED) is 0.638. The van der Waals surface area contributed by atoms with Crippen molar-refractivity contribution in [3.05, 3.63) is 29.5 Å². The van der Waals surface area contributed by atoms with Gasteiger partial charge in [0, 0.05) is 12.4 Å². The van der Waals surface area contributed by atoms with E-state index in [9.17, 15) is 13.2 Å². The first-order valence-corrected chi connectivity index (χ1v) is 3.88. The van der Waals surface area contributed by atoms with Crippen LogP contribution in [0, 0.1) is 0 Å². The van der Waals surface area contributed by atoms with Gasteiger partial charge in [0.05, 0.1) is 12.3 Å². The zero-order valence-corrected chi connectivity index (χ0v) is 7.49. The van der Waals surface area contributed by atoms with Gasteiger partial charge in [-0.1, -0.05) is 0 Å². The molecule has 1 aromatic rings. The Morgan fingerprint density at radius 3 is 2.23 bits per heavy atom. The van der Waals surface area contributed by atoms with E-state index in [1.165, 1.54) is 12.4 Å². The Kier molecular flexibility index (Phi) is 4.55. The Labute approximate surface area is 77.5 Å². The lowest BCUT2D eigenvalue weighted by molar-refractivity contribution is -0.177. The van der Waals surface area contributed by atoms with Crippen LogP contribution in [0.5, 0.6) is 0 Å². The van der Waals surface area contributed by atoms with Crippen molar-refractivity contribution in [2.24, 2.45) is 0 Å². The summed E-state index contributed by atoms with van der Waals surface area (Å²) in [4.78, 5) is 0. The van der Waals surface area contributed by atoms with Crippen LogP contribution in [-0.4, -0.2) is 6.38 Å². The second-order valence-corrected chi connectivity index (χ2v) is 1.93. The predicted octanol–water partition coefficient (Wildman–Crippen LogP) is 0.813. The van der Waals surface area contributed by atoms with Crippen molar-refractivity contribution in [1.29, 1.82) is 0 Å². The third-order valence-electron chi connectivity index (χ3n) is 1.03. The summed E-state index contributed by atoms with van der Waals surface area (Å²) in [5.74, 6) is -1.09. The van der Waals surface area contributed by atoms with E-state index in [2.05, 4.69) is 16.0 Å². The largest absolute Gasteiger partial charge is 0.459 e. The molecule has 0 fully saturated rings. The molecule has 1 heterocycles. The first-order valence-electron chi connectivity index (χ1n) is 3.12. The maximum absolute atomic E-state index is 11.8. The maximum Gasteiger partial charge on any atom is 0.449 e. The zero-order chi connectivity index (χ0) is 10.5. The Morgan fingerprint density at radius 2 is 1.92 bits per heavy atom. The molecule has 0 unspecified atom stereocenters. The van der Waals surface area contributed by atoms with E-state index in [-0.39, 0.29) is 5.36 Å². The Morgan fingerprint density at radius 1 is 1.38 bits per heavy atom. The van der Waals surface area contributed by atoms with Gasteiger partial charge in [0.1, 0.15) is 0 Å². The van der Waals surface area contributed by atoms with Crippen LogP contribution < -0.4 is 10.8 Å². The number of rotatable bonds is 0. The minimum Gasteiger partial charge on any atom is -0.459 e. The first kappa shape index (κ1) is 12.0. The fourth-order valence-electron chi connectivity index (χ4n) is 0.568. The monoisotopic (exact) mass is 214 g/mol. The van der Waals surface area contributed by atoms with Crippen molar-refractivity contribution in [2.75, 3.05) is 6.38 Å². The summed E-state index contributed by atoms with van der Waals surface area (Å²) >= 11 is 4.64. The lowest BCUT2D eigenvalue weighted by atomic mass is 10.4. The third kappa shape index (κ3) is 3.98. The number of hydrogen-bond donors (Lipinski definition) is 1. The molecule has 1 rings (SSSR count). The van der Waals surface area contributed by atoms with Crippen LogP contribution in [0.4, 0.5) is 13.2 Å². The second kappa shape index (κ2) is 4.91. The van der Waals surface area contributed by atoms with Gasteiger partial charge < -0.3 is 4.42 Å². The molecule has 0 aliphatic heterocycles. The molecule has 0 aromatic carbocycles. The number of nitrogens with two attached hydrogens (primary N) is 1. The molecule has 0 aliphatic rings. The van der Waals surface area contributed by atoms with Crippen molar-refractivity contribution in [2.45, 2.75) is 6.18 Å². The standard InChI is InChI=1S/C6H4F3NO.CH3Cl/c7-6(8,9)5-3-4(10)1-2-11-5;1-2/h1-3,10H;1H3/p+1. The summed E-state index contributed by atoms with van der Waals surface area (Å²) in [6, 6.07) is 1.98. The van der Waals surface area contributed by atoms with Gasteiger partial charge in [-0.05, 0) is 0 Å². The molecule has 0 bridgehead atoms. The van der Waals surface area contributed by atoms with E-state index in [0.717, 1.165) is 12.3 Å². The van der Waals surface area contributed by atoms with Gasteiger partial charge in [0.25, 0.3) is 0 Å². The summed E-state index contributed by atoms with van der Waals surface area (Å²) in [6.45, 7) is 0. The average molecular weight is 215 g/mol. The Balaban J connectivity index is 0.000000671. The van der Waals surface area contributed by atoms with Crippen LogP contribution in [0.1, 0.15) is 5.76 Å². The van der Waals surface area contributed by atoms with E-state index in [0.29, 0.717) is 0 Å². The van der Waals surface area contributed by atoms with Gasteiger partial charge in [-0.25, -0.2) is 0 Å². The van der Waals surface area contributed by atoms with Crippen LogP contribution in [0.25, 0.3) is 0 Å². The normalized spacial score (nSPS) is 10.2. The summed E-state index contributed by atoms with van der Waals surface area (Å²) < 4.78 is 39.6. The van der Waals surface area contributed by atoms with E-state index in [4.69, 9.17) is 5.41 Å². The van der Waals surface area contributed by atoms with Crippen molar-refractivity contribution in [1.82, 2.24) is 0 Å². The maximum atomic E-state index is 11.8. The number of alkyl halides is 4. The first-order chi connectivity index (χ1) is 6.00. The molecule has 1 aromatic heterocycles. The summed E-state index contributed by atoms with van der Waals surface area (Å²) in [6.07, 6.45) is -2.09. The van der Waals surface area contributed by atoms with Crippen LogP contribution in [-0.2, 0) is 6.18 Å². The molecule has 0 spiro atoms. The molecule has 74 valence electrons. The molecule has 0 amide bonds. The molecule has 6 heteroatoms. The highest BCUT2D eigenvalue weighted by Gasteiger charge is 2.34. The molecule has 0 aliphatic carbocycles. The van der Waals surface area contributed by atoms with E-state index in [1.807, 2.05) is 0 Å². The fourth-order valence-corrected chi connectivity index (χ4v) is 0.568. The lowest BCUT2D eigenvalue weighted by Gasteiger charge is -2.01. The Hall–Kier alpha value is -0.970. The van der Waals surface area contributed by atoms with Crippen LogP contribution in [0.3, 0.4) is 0 Å². The van der Waals surface area contributed by atoms with E-state index in [1.54, 1.807) is 0 Å². The van der Waals surface area contributed by atoms with E-state index >= 15 is 0 Å². The topological polar surface area (TPSA) is 38.7 Å². The smallest absolute Gasteiger partial charge is 0.449 e. The molecular formula is C7H8ClF3NO+. The summed E-state index contributed by atoms with van der Waals surface area (Å²) in [7, 11) is 0. The Bertz CT molecular complexity index is 307. The molecule has 13 heavy (non-hydrogen) atoms. The molecule has 0 atom stereocenters. The lowest BCUT2D eigenvalue weighted by Crippen LogP contribution is -2.44. The minimum absolute atomic E-state index is 0.0311. The molecular weight excluding hydrogens is 207 g/mol. The molecule has 0 radical (unpaired) electrons. The highest BCUT2D eigenvalue weighted by molar-refractivity contribution is 6.15.